The van der Waals surface area contributed by atoms with E-state index >= 15 is 0 Å². The standard InChI is InChI=1S/C20H14I.CHF3O3S/c1-3-11-17-15(7-1)9-5-13-19(17)21-20-14-6-10-16-8-2-4-12-18(16)20;2-1(3,4)8(5,6)7/h1-14H;(H,5,6,7)/q+1;. The van der Waals surface area contributed by atoms with Crippen molar-refractivity contribution in [2.24, 2.45) is 0 Å². The Hall–Kier alpha value is -2.17. The molecule has 0 aliphatic heterocycles. The molecule has 0 saturated carbocycles. The molecule has 0 aliphatic rings. The highest BCUT2D eigenvalue weighted by molar-refractivity contribution is 7.86. The topological polar surface area (TPSA) is 54.4 Å². The van der Waals surface area contributed by atoms with Gasteiger partial charge in [0.25, 0.3) is 0 Å². The Morgan fingerprint density at radius 1 is 0.655 bits per heavy atom. The Morgan fingerprint density at radius 2 is 1.00 bits per heavy atom. The fraction of sp³-hybridized carbons (Fsp3) is 0.0476. The normalized spacial score (nSPS) is 11.9. The minimum absolute atomic E-state index is 0.176. The highest BCUT2D eigenvalue weighted by Gasteiger charge is 2.44. The van der Waals surface area contributed by atoms with Crippen LogP contribution in [0.15, 0.2) is 84.9 Å². The number of hydrogen-bond acceptors (Lipinski definition) is 2. The van der Waals surface area contributed by atoms with Crippen LogP contribution in [-0.2, 0) is 10.1 Å². The van der Waals surface area contributed by atoms with Gasteiger partial charge >= 0.3 is 36.8 Å². The molecule has 0 fully saturated rings. The summed E-state index contributed by atoms with van der Waals surface area (Å²) < 4.78 is 60.5. The second-order valence-corrected chi connectivity index (χ2v) is 10.2. The van der Waals surface area contributed by atoms with E-state index in [1.807, 2.05) is 0 Å². The van der Waals surface area contributed by atoms with Gasteiger partial charge in [0.05, 0.1) is 0 Å². The summed E-state index contributed by atoms with van der Waals surface area (Å²) in [6, 6.07) is 30.7. The first-order valence-corrected chi connectivity index (χ1v) is 11.9. The van der Waals surface area contributed by atoms with Gasteiger partial charge in [-0.25, -0.2) is 0 Å². The first kappa shape index (κ1) is 21.5. The van der Waals surface area contributed by atoms with Crippen LogP contribution in [0.1, 0.15) is 0 Å². The molecule has 0 spiro atoms. The number of benzene rings is 4. The lowest BCUT2D eigenvalue weighted by atomic mass is 10.1. The van der Waals surface area contributed by atoms with Gasteiger partial charge in [0.2, 0.25) is 7.14 Å². The van der Waals surface area contributed by atoms with Gasteiger partial charge < -0.3 is 0 Å². The van der Waals surface area contributed by atoms with E-state index in [9.17, 15) is 13.2 Å². The molecule has 3 nitrogen and oxygen atoms in total. The average Bonchev–Trinajstić information content (AvgIpc) is 2.68. The van der Waals surface area contributed by atoms with E-state index in [0.717, 1.165) is 0 Å². The maximum absolute atomic E-state index is 10.7. The van der Waals surface area contributed by atoms with Crippen LogP contribution in [0, 0.1) is 7.14 Å². The summed E-state index contributed by atoms with van der Waals surface area (Å²) in [5, 5.41) is 5.49. The molecule has 0 unspecified atom stereocenters. The van der Waals surface area contributed by atoms with Crippen molar-refractivity contribution < 1.29 is 47.3 Å². The predicted octanol–water partition coefficient (Wildman–Crippen LogP) is 2.52. The summed E-state index contributed by atoms with van der Waals surface area (Å²) in [6.07, 6.45) is 0. The Balaban J connectivity index is 0.000000258. The van der Waals surface area contributed by atoms with Gasteiger partial charge in [0.15, 0.2) is 0 Å². The Bertz CT molecular complexity index is 1170. The third kappa shape index (κ3) is 5.26. The number of hydrogen-bond donors (Lipinski definition) is 1. The quantitative estimate of drug-likeness (QED) is 0.246. The third-order valence-electron chi connectivity index (χ3n) is 3.97. The molecule has 0 atom stereocenters. The second kappa shape index (κ2) is 8.68. The molecule has 0 aliphatic carbocycles. The summed E-state index contributed by atoms with van der Waals surface area (Å²) in [7, 11) is -5.84. The molecular formula is C21H15F3IO3S+. The molecule has 0 aromatic heterocycles. The number of halogens is 4. The van der Waals surface area contributed by atoms with E-state index < -0.39 is 15.6 Å². The summed E-state index contributed by atoms with van der Waals surface area (Å²) in [5.74, 6) is 0. The van der Waals surface area contributed by atoms with Gasteiger partial charge in [0.1, 0.15) is 0 Å². The summed E-state index contributed by atoms with van der Waals surface area (Å²) in [6.45, 7) is 0. The summed E-state index contributed by atoms with van der Waals surface area (Å²) >= 11 is -0.176. The fourth-order valence-electron chi connectivity index (χ4n) is 2.65. The van der Waals surface area contributed by atoms with Crippen LogP contribution in [0.4, 0.5) is 13.2 Å². The monoisotopic (exact) mass is 531 g/mol. The molecule has 0 saturated heterocycles. The van der Waals surface area contributed by atoms with Gasteiger partial charge in [-0.3, -0.25) is 4.55 Å². The molecule has 0 heterocycles. The molecule has 4 aromatic carbocycles. The first-order valence-electron chi connectivity index (χ1n) is 8.31. The van der Waals surface area contributed by atoms with E-state index in [1.165, 1.54) is 28.7 Å². The van der Waals surface area contributed by atoms with Crippen LogP contribution < -0.4 is 21.2 Å². The van der Waals surface area contributed by atoms with Crippen LogP contribution in [0.3, 0.4) is 0 Å². The molecule has 1 N–H and O–H groups in total. The Kier molecular flexibility index (Phi) is 6.45. The largest absolute Gasteiger partial charge is 0.522 e. The maximum atomic E-state index is 10.7. The molecule has 150 valence electrons. The van der Waals surface area contributed by atoms with Gasteiger partial charge in [-0.05, 0) is 35.0 Å². The molecule has 29 heavy (non-hydrogen) atoms. The van der Waals surface area contributed by atoms with Crippen molar-refractivity contribution in [3.8, 4) is 0 Å². The van der Waals surface area contributed by atoms with Crippen molar-refractivity contribution in [3.63, 3.8) is 0 Å². The molecule has 0 radical (unpaired) electrons. The number of fused-ring (bicyclic) bond motifs is 2. The van der Waals surface area contributed by atoms with Gasteiger partial charge in [-0.1, -0.05) is 60.7 Å². The second-order valence-electron chi connectivity index (χ2n) is 5.94. The zero-order chi connectivity index (χ0) is 21.1. The van der Waals surface area contributed by atoms with Crippen molar-refractivity contribution in [2.45, 2.75) is 5.51 Å². The minimum atomic E-state index is -5.84. The number of rotatable bonds is 2. The zero-order valence-electron chi connectivity index (χ0n) is 14.8. The van der Waals surface area contributed by atoms with Crippen LogP contribution in [0.2, 0.25) is 0 Å². The van der Waals surface area contributed by atoms with E-state index in [0.29, 0.717) is 0 Å². The lowest BCUT2D eigenvalue weighted by Gasteiger charge is -1.99. The van der Waals surface area contributed by atoms with Crippen LogP contribution in [0.5, 0.6) is 0 Å². The SMILES string of the molecule is O=S(=O)(O)C(F)(F)F.c1ccc2c([I+]c3cccc4ccccc34)cccc2c1. The first-order chi connectivity index (χ1) is 13.7. The van der Waals surface area contributed by atoms with Crippen LogP contribution in [0.25, 0.3) is 21.5 Å². The highest BCUT2D eigenvalue weighted by atomic mass is 127. The maximum Gasteiger partial charge on any atom is 0.522 e. The van der Waals surface area contributed by atoms with Gasteiger partial charge in [-0.2, -0.15) is 21.6 Å². The minimum Gasteiger partial charge on any atom is -0.279 e. The molecule has 0 bridgehead atoms. The van der Waals surface area contributed by atoms with E-state index in [1.54, 1.807) is 0 Å². The fourth-order valence-corrected chi connectivity index (χ4v) is 5.61. The van der Waals surface area contributed by atoms with Gasteiger partial charge in [0, 0.05) is 10.8 Å². The van der Waals surface area contributed by atoms with E-state index in [-0.39, 0.29) is 21.2 Å². The highest BCUT2D eigenvalue weighted by Crippen LogP contribution is 2.20. The van der Waals surface area contributed by atoms with Crippen molar-refractivity contribution in [2.75, 3.05) is 0 Å². The van der Waals surface area contributed by atoms with Crippen molar-refractivity contribution in [1.82, 2.24) is 0 Å². The summed E-state index contributed by atoms with van der Waals surface area (Å²) in [5.41, 5.74) is -5.53. The lowest BCUT2D eigenvalue weighted by molar-refractivity contribution is -0.592. The Morgan fingerprint density at radius 3 is 1.38 bits per heavy atom. The van der Waals surface area contributed by atoms with Crippen LogP contribution >= 0.6 is 0 Å². The average molecular weight is 531 g/mol. The molecule has 8 heteroatoms. The zero-order valence-corrected chi connectivity index (χ0v) is 17.7. The molecular weight excluding hydrogens is 516 g/mol. The van der Waals surface area contributed by atoms with Crippen LogP contribution in [-0.4, -0.2) is 18.5 Å². The predicted molar refractivity (Wildman–Crippen MR) is 103 cm³/mol. The molecule has 4 aromatic rings. The van der Waals surface area contributed by atoms with E-state index in [4.69, 9.17) is 13.0 Å². The van der Waals surface area contributed by atoms with E-state index in [2.05, 4.69) is 84.9 Å². The summed E-state index contributed by atoms with van der Waals surface area (Å²) in [4.78, 5) is 0. The Labute approximate surface area is 176 Å². The smallest absolute Gasteiger partial charge is 0.279 e. The van der Waals surface area contributed by atoms with Crippen molar-refractivity contribution in [3.05, 3.63) is 92.1 Å². The third-order valence-corrected chi connectivity index (χ3v) is 7.60. The van der Waals surface area contributed by atoms with Gasteiger partial charge in [-0.15, -0.1) is 0 Å². The van der Waals surface area contributed by atoms with Crippen molar-refractivity contribution in [1.29, 1.82) is 0 Å². The van der Waals surface area contributed by atoms with Crippen molar-refractivity contribution >= 4 is 31.7 Å². The molecule has 0 amide bonds. The number of alkyl halides is 3. The molecule has 4 rings (SSSR count). The lowest BCUT2D eigenvalue weighted by Crippen LogP contribution is -3.61.